The van der Waals surface area contributed by atoms with Gasteiger partial charge in [0.05, 0.1) is 8.07 Å². The van der Waals surface area contributed by atoms with Crippen LogP contribution in [0.25, 0.3) is 0 Å². The van der Waals surface area contributed by atoms with Crippen LogP contribution in [-0.4, -0.2) is 8.07 Å². The molecule has 0 unspecified atom stereocenters. The summed E-state index contributed by atoms with van der Waals surface area (Å²) in [6.07, 6.45) is 0. The van der Waals surface area contributed by atoms with Crippen molar-refractivity contribution >= 4 is 13.3 Å². The van der Waals surface area contributed by atoms with Gasteiger partial charge in [0, 0.05) is 0 Å². The van der Waals surface area contributed by atoms with E-state index in [9.17, 15) is 0 Å². The zero-order chi connectivity index (χ0) is 8.48. The highest BCUT2D eigenvalue weighted by atomic mass is 28.3. The molecule has 0 aliphatic rings. The van der Waals surface area contributed by atoms with Gasteiger partial charge in [0.1, 0.15) is 0 Å². The second-order valence-corrected chi connectivity index (χ2v) is 9.07. The SMILES string of the molecule is Cc1cc[c]c([Si](C)(C)C)c1. The van der Waals surface area contributed by atoms with Gasteiger partial charge in [0.15, 0.2) is 0 Å². The second-order valence-electron chi connectivity index (χ2n) is 4.03. The highest BCUT2D eigenvalue weighted by molar-refractivity contribution is 6.88. The lowest BCUT2D eigenvalue weighted by molar-refractivity contribution is 1.48. The average molecular weight is 163 g/mol. The summed E-state index contributed by atoms with van der Waals surface area (Å²) < 4.78 is 0. The maximum Gasteiger partial charge on any atom is 0.0784 e. The van der Waals surface area contributed by atoms with E-state index < -0.39 is 8.07 Å². The Morgan fingerprint density at radius 3 is 2.27 bits per heavy atom. The van der Waals surface area contributed by atoms with Gasteiger partial charge in [-0.3, -0.25) is 0 Å². The summed E-state index contributed by atoms with van der Waals surface area (Å²) in [6.45, 7) is 9.17. The maximum atomic E-state index is 3.31. The fourth-order valence-electron chi connectivity index (χ4n) is 1.01. The maximum absolute atomic E-state index is 3.31. The average Bonchev–Trinajstić information content (AvgIpc) is 1.86. The molecule has 0 heterocycles. The van der Waals surface area contributed by atoms with Gasteiger partial charge in [0.2, 0.25) is 0 Å². The summed E-state index contributed by atoms with van der Waals surface area (Å²) in [4.78, 5) is 0. The van der Waals surface area contributed by atoms with E-state index in [1.54, 1.807) is 0 Å². The molecule has 0 saturated heterocycles. The van der Waals surface area contributed by atoms with Gasteiger partial charge in [-0.05, 0) is 13.0 Å². The molecule has 1 radical (unpaired) electrons. The molecule has 0 fully saturated rings. The lowest BCUT2D eigenvalue weighted by Gasteiger charge is -2.16. The molecule has 11 heavy (non-hydrogen) atoms. The van der Waals surface area contributed by atoms with Crippen molar-refractivity contribution in [1.82, 2.24) is 0 Å². The normalized spacial score (nSPS) is 11.6. The first-order valence-corrected chi connectivity index (χ1v) is 7.49. The Labute approximate surface area is 70.3 Å². The smallest absolute Gasteiger partial charge is 0.0656 e. The first kappa shape index (κ1) is 8.53. The van der Waals surface area contributed by atoms with Crippen molar-refractivity contribution in [2.75, 3.05) is 0 Å². The van der Waals surface area contributed by atoms with Crippen LogP contribution in [0.15, 0.2) is 18.2 Å². The molecule has 0 aliphatic carbocycles. The van der Waals surface area contributed by atoms with Crippen LogP contribution >= 0.6 is 0 Å². The Morgan fingerprint density at radius 1 is 1.27 bits per heavy atom. The highest BCUT2D eigenvalue weighted by Crippen LogP contribution is 2.03. The van der Waals surface area contributed by atoms with E-state index >= 15 is 0 Å². The largest absolute Gasteiger partial charge is 0.0784 e. The van der Waals surface area contributed by atoms with Gasteiger partial charge in [-0.2, -0.15) is 0 Å². The van der Waals surface area contributed by atoms with Crippen molar-refractivity contribution in [1.29, 1.82) is 0 Å². The van der Waals surface area contributed by atoms with Crippen LogP contribution in [0, 0.1) is 13.0 Å². The summed E-state index contributed by atoms with van der Waals surface area (Å²) in [6, 6.07) is 9.70. The van der Waals surface area contributed by atoms with E-state index in [2.05, 4.69) is 44.8 Å². The number of rotatable bonds is 1. The van der Waals surface area contributed by atoms with E-state index in [1.165, 1.54) is 10.8 Å². The molecule has 1 aromatic carbocycles. The summed E-state index contributed by atoms with van der Waals surface area (Å²) in [5.41, 5.74) is 1.35. The van der Waals surface area contributed by atoms with Gasteiger partial charge in [0.25, 0.3) is 0 Å². The first-order chi connectivity index (χ1) is 5.00. The van der Waals surface area contributed by atoms with Gasteiger partial charge in [-0.1, -0.05) is 48.6 Å². The zero-order valence-electron chi connectivity index (χ0n) is 7.73. The van der Waals surface area contributed by atoms with Gasteiger partial charge >= 0.3 is 0 Å². The van der Waals surface area contributed by atoms with Crippen molar-refractivity contribution in [3.05, 3.63) is 29.8 Å². The number of aryl methyl sites for hydroxylation is 1. The fourth-order valence-corrected chi connectivity index (χ4v) is 2.19. The molecule has 0 aliphatic heterocycles. The van der Waals surface area contributed by atoms with E-state index in [-0.39, 0.29) is 0 Å². The van der Waals surface area contributed by atoms with Crippen LogP contribution in [0.2, 0.25) is 19.6 Å². The molecule has 0 atom stereocenters. The van der Waals surface area contributed by atoms with E-state index in [0.29, 0.717) is 0 Å². The Balaban J connectivity index is 3.06. The summed E-state index contributed by atoms with van der Waals surface area (Å²) in [7, 11) is -1.12. The number of benzene rings is 1. The Bertz CT molecular complexity index is 245. The minimum atomic E-state index is -1.12. The molecule has 0 N–H and O–H groups in total. The molecule has 0 saturated carbocycles. The van der Waals surface area contributed by atoms with E-state index in [0.717, 1.165) is 0 Å². The summed E-state index contributed by atoms with van der Waals surface area (Å²) >= 11 is 0. The van der Waals surface area contributed by atoms with Crippen molar-refractivity contribution in [3.63, 3.8) is 0 Å². The number of hydrogen-bond acceptors (Lipinski definition) is 0. The molecule has 1 heteroatoms. The molecule has 0 bridgehead atoms. The minimum absolute atomic E-state index is 1.12. The predicted octanol–water partition coefficient (Wildman–Crippen LogP) is 2.34. The molecule has 59 valence electrons. The summed E-state index contributed by atoms with van der Waals surface area (Å²) in [5, 5.41) is 1.43. The quantitative estimate of drug-likeness (QED) is 0.557. The topological polar surface area (TPSA) is 0 Å². The standard InChI is InChI=1S/C10H15Si/c1-9-6-5-7-10(8-9)11(2,3)4/h5-6,8H,1-4H3. The van der Waals surface area contributed by atoms with E-state index in [1.807, 2.05) is 6.07 Å². The third-order valence-electron chi connectivity index (χ3n) is 1.77. The monoisotopic (exact) mass is 163 g/mol. The van der Waals surface area contributed by atoms with Crippen LogP contribution in [0.4, 0.5) is 0 Å². The highest BCUT2D eigenvalue weighted by Gasteiger charge is 2.15. The fraction of sp³-hybridized carbons (Fsp3) is 0.400. The second kappa shape index (κ2) is 2.82. The van der Waals surface area contributed by atoms with Crippen LogP contribution in [0.3, 0.4) is 0 Å². The van der Waals surface area contributed by atoms with Crippen LogP contribution in [0.1, 0.15) is 5.56 Å². The van der Waals surface area contributed by atoms with Crippen molar-refractivity contribution < 1.29 is 0 Å². The Hall–Kier alpha value is -0.563. The molecule has 0 amide bonds. The van der Waals surface area contributed by atoms with Gasteiger partial charge in [-0.15, -0.1) is 0 Å². The van der Waals surface area contributed by atoms with Gasteiger partial charge < -0.3 is 0 Å². The first-order valence-electron chi connectivity index (χ1n) is 3.99. The Kier molecular flexibility index (Phi) is 2.19. The van der Waals surface area contributed by atoms with Crippen molar-refractivity contribution in [3.8, 4) is 0 Å². The number of hydrogen-bond donors (Lipinski definition) is 0. The molecule has 0 nitrogen and oxygen atoms in total. The zero-order valence-corrected chi connectivity index (χ0v) is 8.73. The third-order valence-corrected chi connectivity index (χ3v) is 3.67. The molecular formula is C10H15Si. The van der Waals surface area contributed by atoms with E-state index in [4.69, 9.17) is 0 Å². The Morgan fingerprint density at radius 2 is 1.91 bits per heavy atom. The van der Waals surface area contributed by atoms with Gasteiger partial charge in [-0.25, -0.2) is 0 Å². The summed E-state index contributed by atoms with van der Waals surface area (Å²) in [5.74, 6) is 0. The van der Waals surface area contributed by atoms with Crippen LogP contribution in [-0.2, 0) is 0 Å². The van der Waals surface area contributed by atoms with Crippen molar-refractivity contribution in [2.45, 2.75) is 26.6 Å². The lowest BCUT2D eigenvalue weighted by Crippen LogP contribution is -2.37. The molecule has 0 spiro atoms. The third kappa shape index (κ3) is 2.19. The molecular weight excluding hydrogens is 148 g/mol. The van der Waals surface area contributed by atoms with Crippen molar-refractivity contribution in [2.24, 2.45) is 0 Å². The van der Waals surface area contributed by atoms with Crippen LogP contribution < -0.4 is 5.19 Å². The minimum Gasteiger partial charge on any atom is -0.0656 e. The molecule has 1 rings (SSSR count). The van der Waals surface area contributed by atoms with Crippen LogP contribution in [0.5, 0.6) is 0 Å². The molecule has 1 aromatic rings. The lowest BCUT2D eigenvalue weighted by atomic mass is 10.2. The molecule has 0 aromatic heterocycles. The predicted molar refractivity (Wildman–Crippen MR) is 53.0 cm³/mol.